The van der Waals surface area contributed by atoms with E-state index in [1.807, 2.05) is 13.8 Å². The molecule has 0 aliphatic carbocycles. The molecule has 0 amide bonds. The van der Waals surface area contributed by atoms with Crippen LogP contribution in [0.1, 0.15) is 44.4 Å². The predicted molar refractivity (Wildman–Crippen MR) is 77.2 cm³/mol. The van der Waals surface area contributed by atoms with Crippen LogP contribution in [0, 0.1) is 0 Å². The zero-order chi connectivity index (χ0) is 15.7. The molecule has 2 N–H and O–H groups in total. The van der Waals surface area contributed by atoms with Gasteiger partial charge in [-0.1, -0.05) is 20.3 Å². The highest BCUT2D eigenvalue weighted by atomic mass is 19.4. The molecule has 0 bridgehead atoms. The van der Waals surface area contributed by atoms with Crippen LogP contribution in [0.5, 0.6) is 0 Å². The number of hydrogen-bond donors (Lipinski definition) is 2. The Bertz CT molecular complexity index is 617. The van der Waals surface area contributed by atoms with Gasteiger partial charge >= 0.3 is 6.18 Å². The van der Waals surface area contributed by atoms with Gasteiger partial charge in [-0.25, -0.2) is 0 Å². The molecule has 116 valence electrons. The molecule has 1 aromatic carbocycles. The summed E-state index contributed by atoms with van der Waals surface area (Å²) in [5, 5.41) is 11.0. The lowest BCUT2D eigenvalue weighted by Crippen LogP contribution is -2.30. The van der Waals surface area contributed by atoms with E-state index < -0.39 is 17.3 Å². The van der Waals surface area contributed by atoms with E-state index in [0.717, 1.165) is 24.2 Å². The fraction of sp³-hybridized carbons (Fsp3) is 0.500. The monoisotopic (exact) mass is 299 g/mol. The minimum Gasteiger partial charge on any atom is -0.389 e. The maximum absolute atomic E-state index is 12.7. The SMILES string of the molecule is CCCC(O)(CC)Cc1cc2cc(C(F)(F)F)ccc2[nH]1. The first-order valence-corrected chi connectivity index (χ1v) is 7.18. The van der Waals surface area contributed by atoms with E-state index in [9.17, 15) is 18.3 Å². The first kappa shape index (κ1) is 15.9. The molecule has 0 spiro atoms. The van der Waals surface area contributed by atoms with Gasteiger partial charge in [-0.2, -0.15) is 13.2 Å². The molecular weight excluding hydrogens is 279 g/mol. The first-order valence-electron chi connectivity index (χ1n) is 7.18. The Balaban J connectivity index is 2.31. The Morgan fingerprint density at radius 2 is 1.86 bits per heavy atom. The van der Waals surface area contributed by atoms with E-state index in [2.05, 4.69) is 4.98 Å². The number of aromatic amines is 1. The van der Waals surface area contributed by atoms with Crippen molar-refractivity contribution in [3.8, 4) is 0 Å². The van der Waals surface area contributed by atoms with Crippen molar-refractivity contribution in [2.75, 3.05) is 0 Å². The standard InChI is InChI=1S/C16H20F3NO/c1-3-7-15(21,4-2)10-13-9-11-8-12(16(17,18)19)5-6-14(11)20-13/h5-6,8-9,20-21H,3-4,7,10H2,1-2H3. The zero-order valence-corrected chi connectivity index (χ0v) is 12.2. The Hall–Kier alpha value is -1.49. The van der Waals surface area contributed by atoms with Crippen molar-refractivity contribution in [3.63, 3.8) is 0 Å². The average molecular weight is 299 g/mol. The van der Waals surface area contributed by atoms with Crippen LogP contribution in [-0.2, 0) is 12.6 Å². The van der Waals surface area contributed by atoms with Gasteiger partial charge in [-0.3, -0.25) is 0 Å². The second kappa shape index (κ2) is 5.72. The Morgan fingerprint density at radius 3 is 2.43 bits per heavy atom. The molecule has 0 radical (unpaired) electrons. The summed E-state index contributed by atoms with van der Waals surface area (Å²) in [4.78, 5) is 3.10. The third-order valence-electron chi connectivity index (χ3n) is 3.90. The number of H-pyrrole nitrogens is 1. The largest absolute Gasteiger partial charge is 0.416 e. The highest BCUT2D eigenvalue weighted by Crippen LogP contribution is 2.32. The number of halogens is 3. The molecule has 21 heavy (non-hydrogen) atoms. The van der Waals surface area contributed by atoms with E-state index >= 15 is 0 Å². The zero-order valence-electron chi connectivity index (χ0n) is 12.2. The van der Waals surface area contributed by atoms with Gasteiger partial charge < -0.3 is 10.1 Å². The molecule has 5 heteroatoms. The summed E-state index contributed by atoms with van der Waals surface area (Å²) in [6.07, 6.45) is -1.76. The van der Waals surface area contributed by atoms with Crippen LogP contribution in [0.25, 0.3) is 10.9 Å². The molecule has 0 fully saturated rings. The van der Waals surface area contributed by atoms with Gasteiger partial charge in [-0.05, 0) is 37.1 Å². The second-order valence-corrected chi connectivity index (χ2v) is 5.60. The van der Waals surface area contributed by atoms with Gasteiger partial charge in [0.15, 0.2) is 0 Å². The molecule has 1 heterocycles. The van der Waals surface area contributed by atoms with Crippen molar-refractivity contribution in [2.45, 2.75) is 51.3 Å². The Morgan fingerprint density at radius 1 is 1.14 bits per heavy atom. The molecule has 1 atom stereocenters. The molecular formula is C16H20F3NO. The second-order valence-electron chi connectivity index (χ2n) is 5.60. The van der Waals surface area contributed by atoms with E-state index in [4.69, 9.17) is 0 Å². The van der Waals surface area contributed by atoms with Gasteiger partial charge in [0.2, 0.25) is 0 Å². The van der Waals surface area contributed by atoms with Gasteiger partial charge in [0.25, 0.3) is 0 Å². The molecule has 0 aliphatic rings. The first-order chi connectivity index (χ1) is 9.77. The van der Waals surface area contributed by atoms with Crippen LogP contribution in [0.4, 0.5) is 13.2 Å². The Kier molecular flexibility index (Phi) is 4.33. The molecule has 2 rings (SSSR count). The van der Waals surface area contributed by atoms with Crippen LogP contribution in [0.15, 0.2) is 24.3 Å². The van der Waals surface area contributed by atoms with Gasteiger partial charge in [0.1, 0.15) is 0 Å². The number of rotatable bonds is 5. The predicted octanol–water partition coefficient (Wildman–Crippen LogP) is 4.67. The average Bonchev–Trinajstić information content (AvgIpc) is 2.78. The summed E-state index contributed by atoms with van der Waals surface area (Å²) in [7, 11) is 0. The third-order valence-corrected chi connectivity index (χ3v) is 3.90. The van der Waals surface area contributed by atoms with Crippen LogP contribution in [0.2, 0.25) is 0 Å². The number of fused-ring (bicyclic) bond motifs is 1. The lowest BCUT2D eigenvalue weighted by Gasteiger charge is -2.25. The van der Waals surface area contributed by atoms with Gasteiger partial charge in [0.05, 0.1) is 11.2 Å². The summed E-state index contributed by atoms with van der Waals surface area (Å²) in [6, 6.07) is 5.34. The number of hydrogen-bond acceptors (Lipinski definition) is 1. The highest BCUT2D eigenvalue weighted by Gasteiger charge is 2.31. The van der Waals surface area contributed by atoms with Crippen LogP contribution in [-0.4, -0.2) is 15.7 Å². The highest BCUT2D eigenvalue weighted by molar-refractivity contribution is 5.81. The normalized spacial score (nSPS) is 15.3. The molecule has 0 saturated carbocycles. The summed E-state index contributed by atoms with van der Waals surface area (Å²) >= 11 is 0. The maximum Gasteiger partial charge on any atom is 0.416 e. The van der Waals surface area contributed by atoms with E-state index in [1.165, 1.54) is 6.07 Å². The van der Waals surface area contributed by atoms with Crippen molar-refractivity contribution in [2.24, 2.45) is 0 Å². The van der Waals surface area contributed by atoms with Crippen LogP contribution >= 0.6 is 0 Å². The molecule has 2 aromatic rings. The third kappa shape index (κ3) is 3.59. The fourth-order valence-electron chi connectivity index (χ4n) is 2.67. The quantitative estimate of drug-likeness (QED) is 0.827. The van der Waals surface area contributed by atoms with Gasteiger partial charge in [-0.15, -0.1) is 0 Å². The van der Waals surface area contributed by atoms with Crippen LogP contribution < -0.4 is 0 Å². The lowest BCUT2D eigenvalue weighted by molar-refractivity contribution is -0.137. The molecule has 0 saturated heterocycles. The lowest BCUT2D eigenvalue weighted by atomic mass is 9.90. The van der Waals surface area contributed by atoms with E-state index in [1.54, 1.807) is 6.07 Å². The molecule has 0 aliphatic heterocycles. The summed E-state index contributed by atoms with van der Waals surface area (Å²) in [6.45, 7) is 3.92. The summed E-state index contributed by atoms with van der Waals surface area (Å²) in [5.74, 6) is 0. The summed E-state index contributed by atoms with van der Waals surface area (Å²) < 4.78 is 38.1. The minimum absolute atomic E-state index is 0.424. The van der Waals surface area contributed by atoms with E-state index in [0.29, 0.717) is 30.2 Å². The summed E-state index contributed by atoms with van der Waals surface area (Å²) in [5.41, 5.74) is -0.0300. The molecule has 2 nitrogen and oxygen atoms in total. The molecule has 1 unspecified atom stereocenters. The molecule has 1 aromatic heterocycles. The number of nitrogens with one attached hydrogen (secondary N) is 1. The minimum atomic E-state index is -4.34. The van der Waals surface area contributed by atoms with Crippen molar-refractivity contribution < 1.29 is 18.3 Å². The maximum atomic E-state index is 12.7. The van der Waals surface area contributed by atoms with Crippen molar-refractivity contribution >= 4 is 10.9 Å². The van der Waals surface area contributed by atoms with Crippen molar-refractivity contribution in [1.82, 2.24) is 4.98 Å². The topological polar surface area (TPSA) is 36.0 Å². The van der Waals surface area contributed by atoms with Crippen molar-refractivity contribution in [3.05, 3.63) is 35.5 Å². The van der Waals surface area contributed by atoms with Crippen LogP contribution in [0.3, 0.4) is 0 Å². The van der Waals surface area contributed by atoms with E-state index in [-0.39, 0.29) is 0 Å². The Labute approximate surface area is 122 Å². The fourth-order valence-corrected chi connectivity index (χ4v) is 2.67. The van der Waals surface area contributed by atoms with Crippen molar-refractivity contribution in [1.29, 1.82) is 0 Å². The smallest absolute Gasteiger partial charge is 0.389 e. The van der Waals surface area contributed by atoms with Gasteiger partial charge in [0, 0.05) is 23.0 Å². The number of alkyl halides is 3. The number of aromatic nitrogens is 1. The number of aliphatic hydroxyl groups is 1. The number of benzene rings is 1.